The van der Waals surface area contributed by atoms with Gasteiger partial charge in [-0.1, -0.05) is 23.7 Å². The van der Waals surface area contributed by atoms with Crippen molar-refractivity contribution in [2.45, 2.75) is 83.1 Å². The molecule has 2 aliphatic rings. The van der Waals surface area contributed by atoms with Gasteiger partial charge >= 0.3 is 0 Å². The second kappa shape index (κ2) is 10.8. The molecule has 1 aromatic heterocycles. The number of aliphatic hydroxyl groups excluding tert-OH is 1. The average molecular weight is 511 g/mol. The molecule has 7 nitrogen and oxygen atoms in total. The molecule has 0 bridgehead atoms. The largest absolute Gasteiger partial charge is 0.471 e. The molecular weight excluding hydrogens is 476 g/mol. The zero-order chi connectivity index (χ0) is 25.9. The van der Waals surface area contributed by atoms with Gasteiger partial charge in [0.25, 0.3) is 0 Å². The van der Waals surface area contributed by atoms with Gasteiger partial charge in [0.1, 0.15) is 5.60 Å². The van der Waals surface area contributed by atoms with Crippen molar-refractivity contribution in [3.05, 3.63) is 58.2 Å². The molecule has 1 aromatic carbocycles. The lowest BCUT2D eigenvalue weighted by molar-refractivity contribution is -0.120. The van der Waals surface area contributed by atoms with Crippen LogP contribution in [0, 0.1) is 16.7 Å². The first-order valence-corrected chi connectivity index (χ1v) is 13.0. The van der Waals surface area contributed by atoms with Crippen LogP contribution in [0.15, 0.2) is 36.5 Å². The zero-order valence-corrected chi connectivity index (χ0v) is 21.9. The summed E-state index contributed by atoms with van der Waals surface area (Å²) in [7, 11) is 0. The smallest absolute Gasteiger partial charge is 0.218 e. The first kappa shape index (κ1) is 26.4. The van der Waals surface area contributed by atoms with Crippen molar-refractivity contribution >= 4 is 17.5 Å². The summed E-state index contributed by atoms with van der Waals surface area (Å²) in [4.78, 5) is 16.5. The number of amides is 1. The molecule has 2 heterocycles. The molecule has 1 amide bonds. The van der Waals surface area contributed by atoms with Gasteiger partial charge in [-0.3, -0.25) is 4.79 Å². The lowest BCUT2D eigenvalue weighted by atomic mass is 9.73. The molecule has 3 N–H and O–H groups in total. The van der Waals surface area contributed by atoms with E-state index in [4.69, 9.17) is 16.3 Å². The number of carbonyl (C=O) groups is 1. The highest BCUT2D eigenvalue weighted by Crippen LogP contribution is 2.48. The zero-order valence-electron chi connectivity index (χ0n) is 21.2. The van der Waals surface area contributed by atoms with Gasteiger partial charge in [-0.2, -0.15) is 5.26 Å². The SMILES string of the molecule is CC(=O)N[C@@H](Cc1ccc(Cl)cc1)[C@H](O)CN[C@H]1CC2(CCC2)Oc2ncc(CC(C)(C)C#N)cc21. The summed E-state index contributed by atoms with van der Waals surface area (Å²) in [5.74, 6) is 0.442. The van der Waals surface area contributed by atoms with Crippen LogP contribution in [0.4, 0.5) is 0 Å². The molecule has 1 fully saturated rings. The fourth-order valence-corrected chi connectivity index (χ4v) is 5.23. The number of nitrogens with zero attached hydrogens (tertiary/aromatic N) is 2. The minimum absolute atomic E-state index is 0.0464. The summed E-state index contributed by atoms with van der Waals surface area (Å²) < 4.78 is 6.35. The molecule has 192 valence electrons. The Kier molecular flexibility index (Phi) is 7.89. The van der Waals surface area contributed by atoms with Gasteiger partial charge in [0.2, 0.25) is 11.8 Å². The molecule has 0 saturated heterocycles. The van der Waals surface area contributed by atoms with Crippen LogP contribution in [0.25, 0.3) is 0 Å². The molecule has 8 heteroatoms. The van der Waals surface area contributed by atoms with E-state index in [1.54, 1.807) is 6.20 Å². The second-order valence-corrected chi connectivity index (χ2v) is 11.4. The van der Waals surface area contributed by atoms with E-state index in [-0.39, 0.29) is 17.6 Å². The predicted molar refractivity (Wildman–Crippen MR) is 139 cm³/mol. The molecule has 2 aromatic rings. The van der Waals surface area contributed by atoms with E-state index in [1.165, 1.54) is 6.92 Å². The Hall–Kier alpha value is -2.66. The predicted octanol–water partition coefficient (Wildman–Crippen LogP) is 4.27. The van der Waals surface area contributed by atoms with Gasteiger partial charge in [0, 0.05) is 42.7 Å². The van der Waals surface area contributed by atoms with E-state index in [0.717, 1.165) is 42.4 Å². The first-order chi connectivity index (χ1) is 17.1. The van der Waals surface area contributed by atoms with Gasteiger partial charge in [-0.05, 0) is 75.3 Å². The number of halogens is 1. The van der Waals surface area contributed by atoms with Crippen molar-refractivity contribution in [1.29, 1.82) is 5.26 Å². The maximum atomic E-state index is 11.9. The summed E-state index contributed by atoms with van der Waals surface area (Å²) in [6, 6.07) is 11.4. The Morgan fingerprint density at radius 1 is 1.33 bits per heavy atom. The normalized spacial score (nSPS) is 19.8. The van der Waals surface area contributed by atoms with Gasteiger partial charge in [0.15, 0.2) is 0 Å². The Morgan fingerprint density at radius 2 is 2.06 bits per heavy atom. The number of hydrogen-bond acceptors (Lipinski definition) is 6. The van der Waals surface area contributed by atoms with Crippen LogP contribution >= 0.6 is 11.6 Å². The summed E-state index contributed by atoms with van der Waals surface area (Å²) in [5, 5.41) is 27.7. The number of pyridine rings is 1. The van der Waals surface area contributed by atoms with E-state index in [1.807, 2.05) is 38.1 Å². The second-order valence-electron chi connectivity index (χ2n) is 10.9. The van der Waals surface area contributed by atoms with Gasteiger partial charge in [-0.25, -0.2) is 4.98 Å². The van der Waals surface area contributed by atoms with E-state index in [0.29, 0.717) is 30.3 Å². The lowest BCUT2D eigenvalue weighted by Gasteiger charge is -2.47. The molecule has 1 aliphatic heterocycles. The van der Waals surface area contributed by atoms with Crippen molar-refractivity contribution in [3.63, 3.8) is 0 Å². The highest BCUT2D eigenvalue weighted by Gasteiger charge is 2.46. The number of nitrogens with one attached hydrogen (secondary N) is 2. The van der Waals surface area contributed by atoms with Crippen LogP contribution in [0.1, 0.15) is 69.2 Å². The standard InChI is InChI=1S/C28H35ClN4O3/c1-18(34)33-23(12-19-5-7-21(29)8-6-19)25(35)16-31-24-14-28(9-4-10-28)36-26-22(24)11-20(15-32-26)13-27(2,3)17-30/h5-8,11,15,23-25,31,35H,4,9-10,12-14,16H2,1-3H3,(H,33,34)/t23-,24-,25+/m0/s1. The van der Waals surface area contributed by atoms with E-state index < -0.39 is 17.6 Å². The topological polar surface area (TPSA) is 107 Å². The number of fused-ring (bicyclic) bond motifs is 1. The van der Waals surface area contributed by atoms with Crippen molar-refractivity contribution in [1.82, 2.24) is 15.6 Å². The molecular formula is C28H35ClN4O3. The number of nitriles is 1. The first-order valence-electron chi connectivity index (χ1n) is 12.6. The van der Waals surface area contributed by atoms with Crippen LogP contribution < -0.4 is 15.4 Å². The highest BCUT2D eigenvalue weighted by atomic mass is 35.5. The molecule has 0 radical (unpaired) electrons. The van der Waals surface area contributed by atoms with Crippen LogP contribution in [-0.2, 0) is 17.6 Å². The van der Waals surface area contributed by atoms with E-state index in [2.05, 4.69) is 27.8 Å². The summed E-state index contributed by atoms with van der Waals surface area (Å²) in [6.07, 6.45) is 5.99. The van der Waals surface area contributed by atoms with Crippen molar-refractivity contribution in [2.24, 2.45) is 5.41 Å². The molecule has 3 atom stereocenters. The molecule has 1 saturated carbocycles. The minimum Gasteiger partial charge on any atom is -0.471 e. The van der Waals surface area contributed by atoms with Gasteiger partial charge in [-0.15, -0.1) is 0 Å². The number of carbonyl (C=O) groups excluding carboxylic acids is 1. The Balaban J connectivity index is 1.50. The number of aromatic nitrogens is 1. The molecule has 0 unspecified atom stereocenters. The summed E-state index contributed by atoms with van der Waals surface area (Å²) in [6.45, 7) is 5.59. The summed E-state index contributed by atoms with van der Waals surface area (Å²) in [5.41, 5.74) is 2.22. The maximum absolute atomic E-state index is 11.9. The van der Waals surface area contributed by atoms with Crippen molar-refractivity contribution < 1.29 is 14.6 Å². The molecule has 4 rings (SSSR count). The van der Waals surface area contributed by atoms with Crippen LogP contribution in [-0.4, -0.2) is 40.3 Å². The van der Waals surface area contributed by atoms with Crippen molar-refractivity contribution in [3.8, 4) is 11.9 Å². The van der Waals surface area contributed by atoms with Crippen molar-refractivity contribution in [2.75, 3.05) is 6.54 Å². The van der Waals surface area contributed by atoms with E-state index >= 15 is 0 Å². The van der Waals surface area contributed by atoms with Crippen LogP contribution in [0.5, 0.6) is 5.88 Å². The molecule has 1 spiro atoms. The highest BCUT2D eigenvalue weighted by molar-refractivity contribution is 6.30. The van der Waals surface area contributed by atoms with Gasteiger partial charge < -0.3 is 20.5 Å². The maximum Gasteiger partial charge on any atom is 0.218 e. The Morgan fingerprint density at radius 3 is 2.67 bits per heavy atom. The lowest BCUT2D eigenvalue weighted by Crippen LogP contribution is -2.52. The Labute approximate surface area is 218 Å². The van der Waals surface area contributed by atoms with E-state index in [9.17, 15) is 15.2 Å². The fourth-order valence-electron chi connectivity index (χ4n) is 5.11. The quantitative estimate of drug-likeness (QED) is 0.465. The average Bonchev–Trinajstić information content (AvgIpc) is 2.81. The third-order valence-electron chi connectivity index (χ3n) is 7.21. The summed E-state index contributed by atoms with van der Waals surface area (Å²) >= 11 is 6.01. The van der Waals surface area contributed by atoms with Crippen LogP contribution in [0.2, 0.25) is 5.02 Å². The minimum atomic E-state index is -0.804. The number of ether oxygens (including phenoxy) is 1. The number of benzene rings is 1. The number of aliphatic hydroxyl groups is 1. The third-order valence-corrected chi connectivity index (χ3v) is 7.46. The molecule has 36 heavy (non-hydrogen) atoms. The van der Waals surface area contributed by atoms with Gasteiger partial charge in [0.05, 0.1) is 23.6 Å². The number of rotatable bonds is 9. The molecule has 1 aliphatic carbocycles. The van der Waals surface area contributed by atoms with Crippen LogP contribution in [0.3, 0.4) is 0 Å². The fraction of sp³-hybridized carbons (Fsp3) is 0.536. The Bertz CT molecular complexity index is 1120. The monoisotopic (exact) mass is 510 g/mol. The number of hydrogen-bond donors (Lipinski definition) is 3. The third kappa shape index (κ3) is 6.36.